The van der Waals surface area contributed by atoms with Crippen LogP contribution in [0.1, 0.15) is 26.7 Å². The second kappa shape index (κ2) is 5.22. The summed E-state index contributed by atoms with van der Waals surface area (Å²) in [6.07, 6.45) is 1.77. The summed E-state index contributed by atoms with van der Waals surface area (Å²) in [4.78, 5) is 13.6. The monoisotopic (exact) mass is 185 g/mol. The molecule has 76 valence electrons. The van der Waals surface area contributed by atoms with Gasteiger partial charge >= 0.3 is 0 Å². The SMILES string of the molecule is CC[C@H](C)CC(=O)N1CCOCC1. The van der Waals surface area contributed by atoms with Gasteiger partial charge in [0.2, 0.25) is 5.91 Å². The van der Waals surface area contributed by atoms with Crippen molar-refractivity contribution in [3.63, 3.8) is 0 Å². The van der Waals surface area contributed by atoms with E-state index in [1.54, 1.807) is 0 Å². The molecule has 0 radical (unpaired) electrons. The molecule has 0 unspecified atom stereocenters. The Bertz CT molecular complexity index is 164. The summed E-state index contributed by atoms with van der Waals surface area (Å²) in [6.45, 7) is 7.19. The molecule has 0 N–H and O–H groups in total. The van der Waals surface area contributed by atoms with Crippen LogP contribution in [0.2, 0.25) is 0 Å². The van der Waals surface area contributed by atoms with Crippen molar-refractivity contribution in [2.24, 2.45) is 5.92 Å². The van der Waals surface area contributed by atoms with Crippen molar-refractivity contribution in [3.8, 4) is 0 Å². The highest BCUT2D eigenvalue weighted by Gasteiger charge is 2.17. The molecule has 1 rings (SSSR count). The Morgan fingerprint density at radius 1 is 1.46 bits per heavy atom. The van der Waals surface area contributed by atoms with Crippen LogP contribution >= 0.6 is 0 Å². The third kappa shape index (κ3) is 3.35. The van der Waals surface area contributed by atoms with Gasteiger partial charge in [0.1, 0.15) is 0 Å². The highest BCUT2D eigenvalue weighted by molar-refractivity contribution is 5.76. The molecule has 13 heavy (non-hydrogen) atoms. The molecule has 3 nitrogen and oxygen atoms in total. The van der Waals surface area contributed by atoms with Crippen LogP contribution in [0.3, 0.4) is 0 Å². The first kappa shape index (κ1) is 10.5. The summed E-state index contributed by atoms with van der Waals surface area (Å²) in [5.74, 6) is 0.799. The number of hydrogen-bond acceptors (Lipinski definition) is 2. The molecule has 1 atom stereocenters. The molecule has 0 aliphatic carbocycles. The Kier molecular flexibility index (Phi) is 4.22. The second-order valence-corrected chi connectivity index (χ2v) is 3.71. The van der Waals surface area contributed by atoms with Gasteiger partial charge in [0.05, 0.1) is 13.2 Å². The first-order valence-corrected chi connectivity index (χ1v) is 5.09. The van der Waals surface area contributed by atoms with Gasteiger partial charge in [-0.15, -0.1) is 0 Å². The van der Waals surface area contributed by atoms with Gasteiger partial charge in [0, 0.05) is 19.5 Å². The number of carbonyl (C=O) groups excluding carboxylic acids is 1. The Labute approximate surface area is 80.1 Å². The van der Waals surface area contributed by atoms with Gasteiger partial charge in [-0.25, -0.2) is 0 Å². The fraction of sp³-hybridized carbons (Fsp3) is 0.900. The minimum absolute atomic E-state index is 0.289. The predicted molar refractivity (Wildman–Crippen MR) is 51.5 cm³/mol. The van der Waals surface area contributed by atoms with E-state index in [1.165, 1.54) is 0 Å². The first-order chi connectivity index (χ1) is 6.24. The van der Waals surface area contributed by atoms with Crippen LogP contribution in [0.15, 0.2) is 0 Å². The quantitative estimate of drug-likeness (QED) is 0.663. The van der Waals surface area contributed by atoms with Crippen LogP contribution in [0.4, 0.5) is 0 Å². The van der Waals surface area contributed by atoms with E-state index < -0.39 is 0 Å². The standard InChI is InChI=1S/C10H19NO2/c1-3-9(2)8-10(12)11-4-6-13-7-5-11/h9H,3-8H2,1-2H3/t9-/m0/s1. The van der Waals surface area contributed by atoms with E-state index in [0.29, 0.717) is 25.6 Å². The predicted octanol–water partition coefficient (Wildman–Crippen LogP) is 1.28. The average Bonchev–Trinajstić information content (AvgIpc) is 2.19. The van der Waals surface area contributed by atoms with Gasteiger partial charge < -0.3 is 9.64 Å². The third-order valence-corrected chi connectivity index (χ3v) is 2.58. The first-order valence-electron chi connectivity index (χ1n) is 5.09. The summed E-state index contributed by atoms with van der Waals surface area (Å²) in [5, 5.41) is 0. The van der Waals surface area contributed by atoms with Gasteiger partial charge in [0.25, 0.3) is 0 Å². The third-order valence-electron chi connectivity index (χ3n) is 2.58. The lowest BCUT2D eigenvalue weighted by Gasteiger charge is -2.27. The number of amides is 1. The summed E-state index contributed by atoms with van der Waals surface area (Å²) >= 11 is 0. The molecule has 0 aromatic heterocycles. The molecule has 0 aromatic rings. The normalized spacial score (nSPS) is 20.0. The summed E-state index contributed by atoms with van der Waals surface area (Å²) < 4.78 is 5.19. The van der Waals surface area contributed by atoms with Crippen molar-refractivity contribution in [2.75, 3.05) is 26.3 Å². The number of hydrogen-bond donors (Lipinski definition) is 0. The number of ether oxygens (including phenoxy) is 1. The van der Waals surface area contributed by atoms with Crippen LogP contribution in [-0.2, 0) is 9.53 Å². The number of rotatable bonds is 3. The van der Waals surface area contributed by atoms with Gasteiger partial charge in [-0.05, 0) is 5.92 Å². The van der Waals surface area contributed by atoms with E-state index >= 15 is 0 Å². The highest BCUT2D eigenvalue weighted by Crippen LogP contribution is 2.10. The molecule has 1 saturated heterocycles. The van der Waals surface area contributed by atoms with Crippen molar-refractivity contribution < 1.29 is 9.53 Å². The summed E-state index contributed by atoms with van der Waals surface area (Å²) in [7, 11) is 0. The van der Waals surface area contributed by atoms with E-state index in [2.05, 4.69) is 13.8 Å². The molecule has 0 bridgehead atoms. The van der Waals surface area contributed by atoms with Gasteiger partial charge in [-0.2, -0.15) is 0 Å². The molecule has 1 heterocycles. The van der Waals surface area contributed by atoms with Crippen molar-refractivity contribution in [3.05, 3.63) is 0 Å². The zero-order valence-electron chi connectivity index (χ0n) is 8.58. The smallest absolute Gasteiger partial charge is 0.222 e. The Balaban J connectivity index is 2.29. The van der Waals surface area contributed by atoms with E-state index in [0.717, 1.165) is 19.5 Å². The van der Waals surface area contributed by atoms with E-state index in [1.807, 2.05) is 4.90 Å². The maximum Gasteiger partial charge on any atom is 0.222 e. The van der Waals surface area contributed by atoms with Gasteiger partial charge in [-0.3, -0.25) is 4.79 Å². The average molecular weight is 185 g/mol. The summed E-state index contributed by atoms with van der Waals surface area (Å²) in [5.41, 5.74) is 0. The fourth-order valence-electron chi connectivity index (χ4n) is 1.38. The van der Waals surface area contributed by atoms with Crippen molar-refractivity contribution in [2.45, 2.75) is 26.7 Å². The highest BCUT2D eigenvalue weighted by atomic mass is 16.5. The number of carbonyl (C=O) groups is 1. The second-order valence-electron chi connectivity index (χ2n) is 3.71. The minimum atomic E-state index is 0.289. The molecular formula is C10H19NO2. The fourth-order valence-corrected chi connectivity index (χ4v) is 1.38. The van der Waals surface area contributed by atoms with Crippen LogP contribution in [-0.4, -0.2) is 37.1 Å². The van der Waals surface area contributed by atoms with E-state index in [9.17, 15) is 4.79 Å². The Morgan fingerprint density at radius 3 is 2.62 bits per heavy atom. The zero-order chi connectivity index (χ0) is 9.68. The zero-order valence-corrected chi connectivity index (χ0v) is 8.58. The minimum Gasteiger partial charge on any atom is -0.378 e. The molecule has 1 amide bonds. The van der Waals surface area contributed by atoms with Crippen molar-refractivity contribution in [1.29, 1.82) is 0 Å². The van der Waals surface area contributed by atoms with E-state index in [-0.39, 0.29) is 5.91 Å². The van der Waals surface area contributed by atoms with Crippen LogP contribution in [0.25, 0.3) is 0 Å². The van der Waals surface area contributed by atoms with E-state index in [4.69, 9.17) is 4.74 Å². The largest absolute Gasteiger partial charge is 0.378 e. The number of nitrogens with zero attached hydrogens (tertiary/aromatic N) is 1. The molecule has 3 heteroatoms. The maximum absolute atomic E-state index is 11.6. The lowest BCUT2D eigenvalue weighted by molar-refractivity contribution is -0.136. The lowest BCUT2D eigenvalue weighted by Crippen LogP contribution is -2.41. The maximum atomic E-state index is 11.6. The molecule has 0 aromatic carbocycles. The Hall–Kier alpha value is -0.570. The van der Waals surface area contributed by atoms with Crippen molar-refractivity contribution >= 4 is 5.91 Å². The van der Waals surface area contributed by atoms with Crippen LogP contribution < -0.4 is 0 Å². The van der Waals surface area contributed by atoms with Gasteiger partial charge in [-0.1, -0.05) is 20.3 Å². The molecule has 0 saturated carbocycles. The molecule has 1 aliphatic rings. The molecule has 0 spiro atoms. The van der Waals surface area contributed by atoms with Crippen molar-refractivity contribution in [1.82, 2.24) is 4.90 Å². The topological polar surface area (TPSA) is 29.5 Å². The number of morpholine rings is 1. The van der Waals surface area contributed by atoms with Crippen LogP contribution in [0, 0.1) is 5.92 Å². The molecule has 1 aliphatic heterocycles. The summed E-state index contributed by atoms with van der Waals surface area (Å²) in [6, 6.07) is 0. The molecular weight excluding hydrogens is 166 g/mol. The molecule has 1 fully saturated rings. The van der Waals surface area contributed by atoms with Crippen LogP contribution in [0.5, 0.6) is 0 Å². The Morgan fingerprint density at radius 2 is 2.08 bits per heavy atom. The lowest BCUT2D eigenvalue weighted by atomic mass is 10.0. The van der Waals surface area contributed by atoms with Gasteiger partial charge in [0.15, 0.2) is 0 Å².